The maximum Gasteiger partial charge on any atom is 0.469 e. The van der Waals surface area contributed by atoms with E-state index in [0.717, 1.165) is 57.8 Å². The number of hydrogen-bond acceptors (Lipinski definition) is 6. The Balaban J connectivity index is 4.03. The maximum absolute atomic E-state index is 12.1. The summed E-state index contributed by atoms with van der Waals surface area (Å²) in [6.45, 7) is 3.38. The van der Waals surface area contributed by atoms with Gasteiger partial charge >= 0.3 is 19.8 Å². The lowest BCUT2D eigenvalue weighted by atomic mass is 10.1. The zero-order valence-corrected chi connectivity index (χ0v) is 22.6. The molecule has 0 radical (unpaired) electrons. The molecular weight excluding hydrogens is 471 g/mol. The van der Waals surface area contributed by atoms with E-state index in [-0.39, 0.29) is 19.4 Å². The molecule has 0 bridgehead atoms. The SMILES string of the molecule is CCCC/C=C\C/C=C\CCCCCCCC(=O)OC(COC(=O)CCCCC)COP(=O)(O)O. The van der Waals surface area contributed by atoms with Crippen LogP contribution in [0.5, 0.6) is 0 Å². The molecule has 8 nitrogen and oxygen atoms in total. The molecule has 0 spiro atoms. The van der Waals surface area contributed by atoms with Gasteiger partial charge in [-0.1, -0.05) is 83.1 Å². The van der Waals surface area contributed by atoms with Crippen LogP contribution < -0.4 is 0 Å². The minimum absolute atomic E-state index is 0.196. The van der Waals surface area contributed by atoms with E-state index in [1.807, 2.05) is 6.92 Å². The lowest BCUT2D eigenvalue weighted by Crippen LogP contribution is -2.29. The van der Waals surface area contributed by atoms with Gasteiger partial charge in [-0.2, -0.15) is 0 Å². The summed E-state index contributed by atoms with van der Waals surface area (Å²) < 4.78 is 25.7. The fourth-order valence-electron chi connectivity index (χ4n) is 3.21. The lowest BCUT2D eigenvalue weighted by Gasteiger charge is -2.18. The van der Waals surface area contributed by atoms with Gasteiger partial charge in [-0.15, -0.1) is 0 Å². The Morgan fingerprint density at radius 1 is 0.743 bits per heavy atom. The van der Waals surface area contributed by atoms with Gasteiger partial charge in [-0.05, 0) is 38.5 Å². The molecule has 0 aliphatic rings. The molecule has 0 saturated heterocycles. The Labute approximate surface area is 211 Å². The molecule has 204 valence electrons. The highest BCUT2D eigenvalue weighted by Crippen LogP contribution is 2.35. The van der Waals surface area contributed by atoms with Crippen LogP contribution in [0.1, 0.15) is 110 Å². The second-order valence-electron chi connectivity index (χ2n) is 8.67. The second-order valence-corrected chi connectivity index (χ2v) is 9.90. The highest BCUT2D eigenvalue weighted by molar-refractivity contribution is 7.46. The normalized spacial score (nSPS) is 12.9. The molecule has 2 N–H and O–H groups in total. The van der Waals surface area contributed by atoms with Crippen LogP contribution in [0.25, 0.3) is 0 Å². The minimum Gasteiger partial charge on any atom is -0.462 e. The molecule has 0 fully saturated rings. The van der Waals surface area contributed by atoms with Gasteiger partial charge in [-0.3, -0.25) is 14.1 Å². The molecule has 0 saturated carbocycles. The third kappa shape index (κ3) is 25.4. The lowest BCUT2D eigenvalue weighted by molar-refractivity contribution is -0.161. The van der Waals surface area contributed by atoms with Gasteiger partial charge in [0.05, 0.1) is 6.61 Å². The zero-order valence-electron chi connectivity index (χ0n) is 21.7. The molecule has 9 heteroatoms. The summed E-state index contributed by atoms with van der Waals surface area (Å²) in [7, 11) is -4.72. The summed E-state index contributed by atoms with van der Waals surface area (Å²) >= 11 is 0. The number of esters is 2. The van der Waals surface area contributed by atoms with Crippen molar-refractivity contribution in [2.24, 2.45) is 0 Å². The number of phosphoric acid groups is 1. The molecule has 1 atom stereocenters. The molecule has 0 aliphatic heterocycles. The van der Waals surface area contributed by atoms with Crippen molar-refractivity contribution in [3.8, 4) is 0 Å². The van der Waals surface area contributed by atoms with E-state index in [2.05, 4.69) is 35.8 Å². The van der Waals surface area contributed by atoms with Crippen LogP contribution in [0.2, 0.25) is 0 Å². The van der Waals surface area contributed by atoms with Crippen LogP contribution in [0.4, 0.5) is 0 Å². The summed E-state index contributed by atoms with van der Waals surface area (Å²) in [5, 5.41) is 0. The second kappa shape index (κ2) is 23.0. The Morgan fingerprint density at radius 2 is 1.31 bits per heavy atom. The van der Waals surface area contributed by atoms with Crippen LogP contribution in [0.3, 0.4) is 0 Å². The van der Waals surface area contributed by atoms with E-state index in [9.17, 15) is 14.2 Å². The maximum atomic E-state index is 12.1. The molecule has 35 heavy (non-hydrogen) atoms. The first kappa shape index (κ1) is 33.5. The van der Waals surface area contributed by atoms with Crippen LogP contribution in [0.15, 0.2) is 24.3 Å². The first-order valence-electron chi connectivity index (χ1n) is 13.1. The predicted molar refractivity (Wildman–Crippen MR) is 138 cm³/mol. The highest BCUT2D eigenvalue weighted by Gasteiger charge is 2.22. The van der Waals surface area contributed by atoms with Gasteiger partial charge in [0.25, 0.3) is 0 Å². The standard InChI is InChI=1S/C26H47O8P/c1-3-5-7-8-9-10-11-12-13-14-15-16-17-19-21-26(28)34-24(23-33-35(29,30)31)22-32-25(27)20-18-6-4-2/h8-9,11-12,24H,3-7,10,13-23H2,1-2H3,(H2,29,30,31)/b9-8-,12-11-. The van der Waals surface area contributed by atoms with Crippen LogP contribution in [0, 0.1) is 0 Å². The fraction of sp³-hybridized carbons (Fsp3) is 0.769. The summed E-state index contributed by atoms with van der Waals surface area (Å²) in [4.78, 5) is 41.7. The van der Waals surface area contributed by atoms with Crippen molar-refractivity contribution in [3.05, 3.63) is 24.3 Å². The van der Waals surface area contributed by atoms with Crippen molar-refractivity contribution in [3.63, 3.8) is 0 Å². The molecule has 1 unspecified atom stereocenters. The van der Waals surface area contributed by atoms with E-state index >= 15 is 0 Å². The first-order chi connectivity index (χ1) is 16.8. The molecule has 0 aromatic rings. The Morgan fingerprint density at radius 3 is 1.97 bits per heavy atom. The molecule has 0 aromatic carbocycles. The average molecular weight is 519 g/mol. The van der Waals surface area contributed by atoms with Crippen molar-refractivity contribution in [2.75, 3.05) is 13.2 Å². The van der Waals surface area contributed by atoms with Gasteiger partial charge in [0, 0.05) is 12.8 Å². The van der Waals surface area contributed by atoms with Gasteiger partial charge in [0.1, 0.15) is 6.61 Å². The van der Waals surface area contributed by atoms with Crippen molar-refractivity contribution in [1.82, 2.24) is 0 Å². The van der Waals surface area contributed by atoms with Gasteiger partial charge in [0.2, 0.25) is 0 Å². The molecule has 0 rings (SSSR count). The van der Waals surface area contributed by atoms with Gasteiger partial charge in [-0.25, -0.2) is 4.57 Å². The molecule has 0 amide bonds. The Kier molecular flexibility index (Phi) is 22.0. The number of ether oxygens (including phenoxy) is 2. The third-order valence-corrected chi connectivity index (χ3v) is 5.71. The number of unbranched alkanes of at least 4 members (excludes halogenated alkanes) is 9. The van der Waals surface area contributed by atoms with E-state index in [1.54, 1.807) is 0 Å². The van der Waals surface area contributed by atoms with Crippen LogP contribution in [-0.4, -0.2) is 41.0 Å². The Bertz CT molecular complexity index is 641. The smallest absolute Gasteiger partial charge is 0.462 e. The number of carbonyl (C=O) groups excluding carboxylic acids is 2. The van der Waals surface area contributed by atoms with Crippen molar-refractivity contribution in [1.29, 1.82) is 0 Å². The van der Waals surface area contributed by atoms with Crippen LogP contribution in [-0.2, 0) is 28.2 Å². The molecular formula is C26H47O8P. The quantitative estimate of drug-likeness (QED) is 0.0676. The summed E-state index contributed by atoms with van der Waals surface area (Å²) in [5.41, 5.74) is 0. The van der Waals surface area contributed by atoms with E-state index in [4.69, 9.17) is 19.3 Å². The largest absolute Gasteiger partial charge is 0.469 e. The monoisotopic (exact) mass is 518 g/mol. The fourth-order valence-corrected chi connectivity index (χ4v) is 3.57. The van der Waals surface area contributed by atoms with Crippen molar-refractivity contribution < 1.29 is 37.9 Å². The van der Waals surface area contributed by atoms with E-state index in [1.165, 1.54) is 12.8 Å². The zero-order chi connectivity index (χ0) is 26.2. The van der Waals surface area contributed by atoms with Crippen molar-refractivity contribution in [2.45, 2.75) is 116 Å². The highest BCUT2D eigenvalue weighted by atomic mass is 31.2. The molecule has 0 heterocycles. The number of rotatable bonds is 23. The van der Waals surface area contributed by atoms with Gasteiger partial charge in [0.15, 0.2) is 6.10 Å². The predicted octanol–water partition coefficient (Wildman–Crippen LogP) is 6.55. The molecule has 0 aliphatic carbocycles. The number of phosphoric ester groups is 1. The average Bonchev–Trinajstić information content (AvgIpc) is 2.80. The third-order valence-electron chi connectivity index (χ3n) is 5.22. The van der Waals surface area contributed by atoms with Crippen LogP contribution >= 0.6 is 7.82 Å². The number of hydrogen-bond donors (Lipinski definition) is 2. The Hall–Kier alpha value is -1.47. The van der Waals surface area contributed by atoms with E-state index < -0.39 is 32.5 Å². The minimum atomic E-state index is -4.72. The number of carbonyl (C=O) groups is 2. The van der Waals surface area contributed by atoms with E-state index in [0.29, 0.717) is 12.8 Å². The summed E-state index contributed by atoms with van der Waals surface area (Å²) in [6.07, 6.45) is 21.3. The number of allylic oxidation sites excluding steroid dienone is 4. The van der Waals surface area contributed by atoms with Gasteiger partial charge < -0.3 is 19.3 Å². The summed E-state index contributed by atoms with van der Waals surface area (Å²) in [6, 6.07) is 0. The first-order valence-corrected chi connectivity index (χ1v) is 14.7. The van der Waals surface area contributed by atoms with Crippen molar-refractivity contribution >= 4 is 19.8 Å². The summed E-state index contributed by atoms with van der Waals surface area (Å²) in [5.74, 6) is -0.935. The molecule has 0 aromatic heterocycles. The topological polar surface area (TPSA) is 119 Å².